The molecule has 1 aliphatic carbocycles. The molecule has 1 aliphatic heterocycles. The molecule has 2 aliphatic rings. The fourth-order valence-corrected chi connectivity index (χ4v) is 5.30. The van der Waals surface area contributed by atoms with Crippen molar-refractivity contribution in [1.29, 1.82) is 0 Å². The van der Waals surface area contributed by atoms with Crippen molar-refractivity contribution in [1.82, 2.24) is 5.32 Å². The van der Waals surface area contributed by atoms with Crippen molar-refractivity contribution < 1.29 is 14.3 Å². The third-order valence-corrected chi connectivity index (χ3v) is 7.49. The summed E-state index contributed by atoms with van der Waals surface area (Å²) in [5.74, 6) is -0.565. The lowest BCUT2D eigenvalue weighted by atomic mass is 9.96. The Morgan fingerprint density at radius 1 is 1.03 bits per heavy atom. The van der Waals surface area contributed by atoms with E-state index in [2.05, 4.69) is 10.2 Å². The minimum Gasteiger partial charge on any atom is -0.465 e. The molecule has 1 heterocycles. The van der Waals surface area contributed by atoms with Crippen LogP contribution in [0.3, 0.4) is 0 Å². The Labute approximate surface area is 215 Å². The molecule has 1 amide bonds. The van der Waals surface area contributed by atoms with E-state index in [1.807, 2.05) is 49.4 Å². The number of hydrogen-bond acceptors (Lipinski definition) is 4. The first-order valence-corrected chi connectivity index (χ1v) is 12.4. The Kier molecular flexibility index (Phi) is 6.24. The van der Waals surface area contributed by atoms with E-state index < -0.39 is 5.97 Å². The van der Waals surface area contributed by atoms with Gasteiger partial charge in [-0.1, -0.05) is 47.5 Å². The molecule has 1 fully saturated rings. The second-order valence-electron chi connectivity index (χ2n) is 9.42. The average Bonchev–Trinajstić information content (AvgIpc) is 3.58. The topological polar surface area (TPSA) is 58.6 Å². The SMILES string of the molecule is COC(=O)c1ccc([C@H](C)NC(=O)c2cc(Cl)cc3c2N(Cc2ccc(Cl)cc2)CC32CC2)cc1. The van der Waals surface area contributed by atoms with E-state index in [-0.39, 0.29) is 17.4 Å². The van der Waals surface area contributed by atoms with E-state index in [4.69, 9.17) is 27.9 Å². The van der Waals surface area contributed by atoms with E-state index in [9.17, 15) is 9.59 Å². The Hall–Kier alpha value is -3.02. The lowest BCUT2D eigenvalue weighted by molar-refractivity contribution is 0.0600. The van der Waals surface area contributed by atoms with Crippen LogP contribution in [0.25, 0.3) is 0 Å². The lowest BCUT2D eigenvalue weighted by Crippen LogP contribution is -2.29. The first kappa shape index (κ1) is 23.7. The highest BCUT2D eigenvalue weighted by atomic mass is 35.5. The van der Waals surface area contributed by atoms with Gasteiger partial charge >= 0.3 is 5.97 Å². The summed E-state index contributed by atoms with van der Waals surface area (Å²) >= 11 is 12.6. The molecular formula is C28H26Cl2N2O3. The van der Waals surface area contributed by atoms with Crippen LogP contribution >= 0.6 is 23.2 Å². The van der Waals surface area contributed by atoms with Gasteiger partial charge < -0.3 is 15.0 Å². The fourth-order valence-electron chi connectivity index (χ4n) is 4.95. The van der Waals surface area contributed by atoms with Crippen LogP contribution in [0.5, 0.6) is 0 Å². The van der Waals surface area contributed by atoms with Gasteiger partial charge in [0.2, 0.25) is 0 Å². The number of anilines is 1. The average molecular weight is 509 g/mol. The van der Waals surface area contributed by atoms with E-state index >= 15 is 0 Å². The minimum absolute atomic E-state index is 0.0804. The van der Waals surface area contributed by atoms with Crippen LogP contribution in [0.15, 0.2) is 60.7 Å². The van der Waals surface area contributed by atoms with Gasteiger partial charge in [-0.05, 0) is 72.9 Å². The summed E-state index contributed by atoms with van der Waals surface area (Å²) in [6, 6.07) is 18.4. The van der Waals surface area contributed by atoms with Gasteiger partial charge in [-0.2, -0.15) is 0 Å². The molecule has 0 saturated heterocycles. The first-order chi connectivity index (χ1) is 16.8. The number of fused-ring (bicyclic) bond motifs is 2. The number of rotatable bonds is 6. The van der Waals surface area contributed by atoms with Crippen LogP contribution in [0.1, 0.15) is 63.2 Å². The number of carbonyl (C=O) groups is 2. The standard InChI is InChI=1S/C28H26Cl2N2O3/c1-17(19-5-7-20(8-6-19)27(34)35-2)31-26(33)23-13-22(30)14-24-25(23)32(16-28(24)11-12-28)15-18-3-9-21(29)10-4-18/h3-10,13-14,17H,11-12,15-16H2,1-2H3,(H,31,33)/t17-/m0/s1. The second kappa shape index (κ2) is 9.21. The monoisotopic (exact) mass is 508 g/mol. The first-order valence-electron chi connectivity index (χ1n) is 11.6. The van der Waals surface area contributed by atoms with Gasteiger partial charge in [-0.15, -0.1) is 0 Å². The normalized spacial score (nSPS) is 16.1. The summed E-state index contributed by atoms with van der Waals surface area (Å²) in [5, 5.41) is 4.39. The molecule has 1 spiro atoms. The highest BCUT2D eigenvalue weighted by Crippen LogP contribution is 2.58. The Balaban J connectivity index is 1.42. The molecule has 5 nitrogen and oxygen atoms in total. The number of esters is 1. The van der Waals surface area contributed by atoms with Crippen LogP contribution < -0.4 is 10.2 Å². The number of methoxy groups -OCH3 is 1. The van der Waals surface area contributed by atoms with Gasteiger partial charge in [-0.3, -0.25) is 4.79 Å². The van der Waals surface area contributed by atoms with Crippen LogP contribution in [-0.2, 0) is 16.7 Å². The summed E-state index contributed by atoms with van der Waals surface area (Å²) < 4.78 is 4.76. The number of hydrogen-bond donors (Lipinski definition) is 1. The molecule has 0 radical (unpaired) electrons. The van der Waals surface area contributed by atoms with E-state index in [0.29, 0.717) is 27.7 Å². The largest absolute Gasteiger partial charge is 0.465 e. The lowest BCUT2D eigenvalue weighted by Gasteiger charge is -2.23. The van der Waals surface area contributed by atoms with Gasteiger partial charge in [0, 0.05) is 28.5 Å². The van der Waals surface area contributed by atoms with Crippen LogP contribution in [0.4, 0.5) is 5.69 Å². The number of nitrogens with one attached hydrogen (secondary N) is 1. The Morgan fingerprint density at radius 2 is 1.71 bits per heavy atom. The maximum atomic E-state index is 13.5. The highest BCUT2D eigenvalue weighted by Gasteiger charge is 2.52. The highest BCUT2D eigenvalue weighted by molar-refractivity contribution is 6.31. The second-order valence-corrected chi connectivity index (χ2v) is 10.3. The predicted molar refractivity (Wildman–Crippen MR) is 139 cm³/mol. The predicted octanol–water partition coefficient (Wildman–Crippen LogP) is 6.32. The van der Waals surface area contributed by atoms with Crippen molar-refractivity contribution in [3.8, 4) is 0 Å². The van der Waals surface area contributed by atoms with Crippen LogP contribution in [0.2, 0.25) is 10.0 Å². The summed E-state index contributed by atoms with van der Waals surface area (Å²) in [5.41, 5.74) is 5.29. The van der Waals surface area contributed by atoms with Gasteiger partial charge in [-0.25, -0.2) is 4.79 Å². The van der Waals surface area contributed by atoms with E-state index in [0.717, 1.165) is 36.2 Å². The maximum Gasteiger partial charge on any atom is 0.337 e. The zero-order valence-electron chi connectivity index (χ0n) is 19.6. The number of halogens is 2. The third-order valence-electron chi connectivity index (χ3n) is 7.02. The molecule has 0 bridgehead atoms. The number of amides is 1. The quantitative estimate of drug-likeness (QED) is 0.395. The zero-order valence-corrected chi connectivity index (χ0v) is 21.1. The molecule has 3 aromatic carbocycles. The smallest absolute Gasteiger partial charge is 0.337 e. The van der Waals surface area contributed by atoms with E-state index in [1.54, 1.807) is 18.2 Å². The van der Waals surface area contributed by atoms with Crippen molar-refractivity contribution in [3.05, 3.63) is 98.5 Å². The Bertz CT molecular complexity index is 1280. The fraction of sp³-hybridized carbons (Fsp3) is 0.286. The van der Waals surface area contributed by atoms with Crippen LogP contribution in [0, 0.1) is 0 Å². The summed E-state index contributed by atoms with van der Waals surface area (Å²) in [4.78, 5) is 27.6. The molecular weight excluding hydrogens is 483 g/mol. The molecule has 1 N–H and O–H groups in total. The molecule has 1 saturated carbocycles. The van der Waals surface area contributed by atoms with Crippen molar-refractivity contribution >= 4 is 40.8 Å². The molecule has 0 aromatic heterocycles. The molecule has 7 heteroatoms. The summed E-state index contributed by atoms with van der Waals surface area (Å²) in [7, 11) is 1.35. The molecule has 5 rings (SSSR count). The van der Waals surface area contributed by atoms with Gasteiger partial charge in [0.1, 0.15) is 0 Å². The minimum atomic E-state index is -0.391. The molecule has 0 unspecified atom stereocenters. The molecule has 1 atom stereocenters. The maximum absolute atomic E-state index is 13.5. The molecule has 180 valence electrons. The molecule has 3 aromatic rings. The van der Waals surface area contributed by atoms with Gasteiger partial charge in [0.25, 0.3) is 5.91 Å². The summed E-state index contributed by atoms with van der Waals surface area (Å²) in [6.07, 6.45) is 2.20. The van der Waals surface area contributed by atoms with Crippen molar-refractivity contribution in [2.24, 2.45) is 0 Å². The van der Waals surface area contributed by atoms with Crippen molar-refractivity contribution in [2.75, 3.05) is 18.6 Å². The number of ether oxygens (including phenoxy) is 1. The summed E-state index contributed by atoms with van der Waals surface area (Å²) in [6.45, 7) is 3.48. The third kappa shape index (κ3) is 4.63. The molecule has 35 heavy (non-hydrogen) atoms. The van der Waals surface area contributed by atoms with Crippen LogP contribution in [-0.4, -0.2) is 25.5 Å². The number of carbonyl (C=O) groups excluding carboxylic acids is 2. The Morgan fingerprint density at radius 3 is 2.34 bits per heavy atom. The zero-order chi connectivity index (χ0) is 24.7. The van der Waals surface area contributed by atoms with Gasteiger partial charge in [0.15, 0.2) is 0 Å². The van der Waals surface area contributed by atoms with E-state index in [1.165, 1.54) is 12.7 Å². The van der Waals surface area contributed by atoms with Crippen molar-refractivity contribution in [2.45, 2.75) is 37.8 Å². The number of nitrogens with zero attached hydrogens (tertiary/aromatic N) is 1. The van der Waals surface area contributed by atoms with Gasteiger partial charge in [0.05, 0.1) is 30.0 Å². The number of benzene rings is 3. The van der Waals surface area contributed by atoms with Crippen molar-refractivity contribution in [3.63, 3.8) is 0 Å².